The number of rotatable bonds is 8. The van der Waals surface area contributed by atoms with Crippen LogP contribution in [-0.2, 0) is 22.6 Å². The van der Waals surface area contributed by atoms with Crippen molar-refractivity contribution in [2.45, 2.75) is 69.2 Å². The van der Waals surface area contributed by atoms with Crippen molar-refractivity contribution < 1.29 is 41.8 Å². The van der Waals surface area contributed by atoms with Crippen LogP contribution in [0.1, 0.15) is 65.0 Å². The van der Waals surface area contributed by atoms with Gasteiger partial charge in [0, 0.05) is 90.7 Å². The van der Waals surface area contributed by atoms with Gasteiger partial charge in [0.2, 0.25) is 11.8 Å². The average Bonchev–Trinajstić information content (AvgIpc) is 3.94. The Labute approximate surface area is 344 Å². The Morgan fingerprint density at radius 3 is 2.53 bits per heavy atom. The molecule has 3 aromatic carbocycles. The third kappa shape index (κ3) is 6.58. The van der Waals surface area contributed by atoms with Crippen LogP contribution in [0.25, 0.3) is 10.9 Å². The van der Waals surface area contributed by atoms with Gasteiger partial charge in [-0.2, -0.15) is 0 Å². The fourth-order valence-electron chi connectivity index (χ4n) is 10.7. The molecule has 4 aromatic rings. The molecule has 60 heavy (non-hydrogen) atoms. The third-order valence-corrected chi connectivity index (χ3v) is 13.6. The SMILES string of the molecule is C[C@@H]1Cc2c([nH]c3ccccc23)[C@@H](c2c(F)cc(N3CC[C@H](CN4CCN5c6ccc7c(c6OC[C@H]5C4)CN(C4CCC(=O)NC4=O)C7=O)C3)cc2F)N1CC(F)(F)CO. The number of aromatic nitrogens is 1. The van der Waals surface area contributed by atoms with E-state index in [4.69, 9.17) is 4.74 Å². The van der Waals surface area contributed by atoms with E-state index < -0.39 is 54.7 Å². The second kappa shape index (κ2) is 14.8. The smallest absolute Gasteiger partial charge is 0.283 e. The molecule has 316 valence electrons. The number of amides is 3. The highest BCUT2D eigenvalue weighted by molar-refractivity contribution is 6.06. The number of aromatic amines is 1. The number of piperidine rings is 1. The van der Waals surface area contributed by atoms with Crippen LogP contribution in [0.5, 0.6) is 5.75 Å². The van der Waals surface area contributed by atoms with Gasteiger partial charge in [-0.25, -0.2) is 17.6 Å². The molecule has 0 radical (unpaired) electrons. The predicted molar refractivity (Wildman–Crippen MR) is 214 cm³/mol. The normalized spacial score (nSPS) is 25.9. The lowest BCUT2D eigenvalue weighted by molar-refractivity contribution is -0.136. The lowest BCUT2D eigenvalue weighted by Crippen LogP contribution is -2.58. The van der Waals surface area contributed by atoms with E-state index in [2.05, 4.69) is 20.1 Å². The molecule has 5 atom stereocenters. The highest BCUT2D eigenvalue weighted by Crippen LogP contribution is 2.46. The van der Waals surface area contributed by atoms with Crippen LogP contribution in [-0.4, -0.2) is 126 Å². The van der Waals surface area contributed by atoms with E-state index in [0.717, 1.165) is 60.3 Å². The van der Waals surface area contributed by atoms with Crippen molar-refractivity contribution in [1.29, 1.82) is 0 Å². The van der Waals surface area contributed by atoms with Gasteiger partial charge in [-0.15, -0.1) is 0 Å². The largest absolute Gasteiger partial charge is 0.489 e. The monoisotopic (exact) mass is 829 g/mol. The number of carbonyl (C=O) groups excluding carboxylic acids is 3. The van der Waals surface area contributed by atoms with Gasteiger partial charge < -0.3 is 29.5 Å². The first-order chi connectivity index (χ1) is 28.9. The van der Waals surface area contributed by atoms with Crippen LogP contribution in [0.15, 0.2) is 48.5 Å². The molecule has 3 saturated heterocycles. The topological polar surface area (TPSA) is 125 Å². The van der Waals surface area contributed by atoms with Crippen LogP contribution in [0.2, 0.25) is 0 Å². The zero-order valence-corrected chi connectivity index (χ0v) is 33.2. The summed E-state index contributed by atoms with van der Waals surface area (Å²) in [7, 11) is 0. The minimum Gasteiger partial charge on any atom is -0.489 e. The van der Waals surface area contributed by atoms with Crippen molar-refractivity contribution in [2.75, 3.05) is 68.8 Å². The summed E-state index contributed by atoms with van der Waals surface area (Å²) in [6.45, 7) is 4.54. The summed E-state index contributed by atoms with van der Waals surface area (Å²) >= 11 is 0. The van der Waals surface area contributed by atoms with E-state index >= 15 is 8.78 Å². The first-order valence-electron chi connectivity index (χ1n) is 20.9. The Hall–Kier alpha value is -5.19. The fourth-order valence-corrected chi connectivity index (χ4v) is 10.7. The van der Waals surface area contributed by atoms with Gasteiger partial charge in [0.05, 0.1) is 30.9 Å². The molecule has 3 fully saturated rings. The number of H-pyrrole nitrogens is 1. The quantitative estimate of drug-likeness (QED) is 0.173. The van der Waals surface area contributed by atoms with Crippen molar-refractivity contribution in [3.63, 3.8) is 0 Å². The van der Waals surface area contributed by atoms with Crippen molar-refractivity contribution in [3.05, 3.63) is 88.1 Å². The standard InChI is InChI=1S/C44H47F4N7O5/c1-24-14-30-28-4-2-3-5-34(28)49-39(30)40(55(24)22-44(47,48)23-56)38-32(45)15-26(16-33(38)46)52-11-10-25(18-52)17-51-12-13-53-27(19-51)21-60-41-31-20-54(36-8-9-37(57)50-42(36)58)43(59)29(31)6-7-35(41)53/h2-7,15-16,24-25,27,36,40,49,56H,8-14,17-23H2,1H3,(H,50,57,58)/t24-,25-,27-,36?,40-/m1/s1. The molecule has 10 rings (SSSR count). The van der Waals surface area contributed by atoms with Gasteiger partial charge in [-0.3, -0.25) is 29.5 Å². The lowest BCUT2D eigenvalue weighted by atomic mass is 9.87. The first kappa shape index (κ1) is 39.0. The number of hydrogen-bond donors (Lipinski definition) is 3. The Morgan fingerprint density at radius 1 is 0.950 bits per heavy atom. The number of piperazine rings is 1. The maximum absolute atomic E-state index is 16.5. The molecule has 1 aromatic heterocycles. The summed E-state index contributed by atoms with van der Waals surface area (Å²) in [5, 5.41) is 12.7. The number of hydrogen-bond acceptors (Lipinski definition) is 9. The maximum atomic E-state index is 16.5. The number of fused-ring (bicyclic) bond motifs is 8. The Kier molecular flexibility index (Phi) is 9.59. The van der Waals surface area contributed by atoms with Crippen LogP contribution in [0, 0.1) is 17.6 Å². The van der Waals surface area contributed by atoms with E-state index in [1.807, 2.05) is 41.3 Å². The van der Waals surface area contributed by atoms with Crippen molar-refractivity contribution in [1.82, 2.24) is 25.0 Å². The molecular formula is C44H47F4N7O5. The van der Waals surface area contributed by atoms with E-state index in [0.29, 0.717) is 55.2 Å². The molecule has 3 N–H and O–H groups in total. The minimum absolute atomic E-state index is 0.0815. The average molecular weight is 830 g/mol. The number of ether oxygens (including phenoxy) is 1. The Balaban J connectivity index is 0.820. The van der Waals surface area contributed by atoms with Gasteiger partial charge in [-0.1, -0.05) is 18.2 Å². The molecule has 6 aliphatic rings. The summed E-state index contributed by atoms with van der Waals surface area (Å²) in [5.41, 5.74) is 4.43. The first-order valence-corrected chi connectivity index (χ1v) is 20.9. The number of alkyl halides is 2. The highest BCUT2D eigenvalue weighted by Gasteiger charge is 2.45. The molecule has 3 amide bonds. The predicted octanol–water partition coefficient (Wildman–Crippen LogP) is 4.58. The zero-order chi connectivity index (χ0) is 41.6. The van der Waals surface area contributed by atoms with Crippen molar-refractivity contribution in [2.24, 2.45) is 5.92 Å². The van der Waals surface area contributed by atoms with Gasteiger partial charge in [0.1, 0.15) is 36.6 Å². The number of aliphatic hydroxyl groups is 1. The molecule has 16 heteroatoms. The summed E-state index contributed by atoms with van der Waals surface area (Å²) in [6.07, 6.45) is 1.72. The van der Waals surface area contributed by atoms with E-state index in [1.165, 1.54) is 21.9 Å². The second-order valence-corrected chi connectivity index (χ2v) is 17.4. The maximum Gasteiger partial charge on any atom is 0.283 e. The molecule has 0 saturated carbocycles. The van der Waals surface area contributed by atoms with E-state index in [1.54, 1.807) is 6.92 Å². The van der Waals surface area contributed by atoms with Crippen LogP contribution >= 0.6 is 0 Å². The number of halogens is 4. The van der Waals surface area contributed by atoms with E-state index in [-0.39, 0.29) is 42.3 Å². The molecule has 0 bridgehead atoms. The molecule has 1 unspecified atom stereocenters. The van der Waals surface area contributed by atoms with Gasteiger partial charge in [-0.05, 0) is 68.0 Å². The van der Waals surface area contributed by atoms with Crippen LogP contribution in [0.3, 0.4) is 0 Å². The number of imide groups is 1. The number of anilines is 2. The molecule has 6 aliphatic heterocycles. The van der Waals surface area contributed by atoms with Gasteiger partial charge in [0.15, 0.2) is 0 Å². The third-order valence-electron chi connectivity index (χ3n) is 13.6. The van der Waals surface area contributed by atoms with Crippen LogP contribution in [0.4, 0.5) is 28.9 Å². The molecule has 12 nitrogen and oxygen atoms in total. The number of para-hydroxylation sites is 1. The fraction of sp³-hybridized carbons (Fsp3) is 0.477. The highest BCUT2D eigenvalue weighted by atomic mass is 19.3. The number of benzene rings is 3. The van der Waals surface area contributed by atoms with Crippen molar-refractivity contribution >= 4 is 40.0 Å². The Morgan fingerprint density at radius 2 is 1.75 bits per heavy atom. The number of nitrogens with zero attached hydrogens (tertiary/aromatic N) is 5. The summed E-state index contributed by atoms with van der Waals surface area (Å²) in [5.74, 6) is -5.17. The number of aliphatic hydroxyl groups excluding tert-OH is 1. The molecule has 0 aliphatic carbocycles. The van der Waals surface area contributed by atoms with Gasteiger partial charge >= 0.3 is 0 Å². The molecular weight excluding hydrogens is 783 g/mol. The molecule has 7 heterocycles. The molecule has 0 spiro atoms. The second-order valence-electron chi connectivity index (χ2n) is 17.4. The summed E-state index contributed by atoms with van der Waals surface area (Å²) < 4.78 is 68.9. The van der Waals surface area contributed by atoms with Gasteiger partial charge in [0.25, 0.3) is 11.8 Å². The number of carbonyl (C=O) groups is 3. The zero-order valence-electron chi connectivity index (χ0n) is 33.2. The lowest BCUT2D eigenvalue weighted by Gasteiger charge is -2.46. The number of nitrogens with one attached hydrogen (secondary N) is 2. The van der Waals surface area contributed by atoms with Crippen molar-refractivity contribution in [3.8, 4) is 5.75 Å². The van der Waals surface area contributed by atoms with E-state index in [9.17, 15) is 28.3 Å². The summed E-state index contributed by atoms with van der Waals surface area (Å²) in [6, 6.07) is 11.6. The Bertz CT molecular complexity index is 2390. The minimum atomic E-state index is -3.47. The summed E-state index contributed by atoms with van der Waals surface area (Å²) in [4.78, 5) is 50.7. The van der Waals surface area contributed by atoms with Crippen LogP contribution < -0.4 is 19.9 Å².